The molecule has 0 spiro atoms. The Morgan fingerprint density at radius 1 is 1.31 bits per heavy atom. The lowest BCUT2D eigenvalue weighted by atomic mass is 9.79. The summed E-state index contributed by atoms with van der Waals surface area (Å²) in [5, 5.41) is 0. The molecule has 0 bridgehead atoms. The molecule has 1 saturated heterocycles. The van der Waals surface area contributed by atoms with Crippen LogP contribution in [0, 0.1) is 11.8 Å². The minimum atomic E-state index is 0.271. The van der Waals surface area contributed by atoms with Crippen molar-refractivity contribution >= 4 is 5.91 Å². The Bertz CT molecular complexity index is 267. The fraction of sp³-hybridized carbons (Fsp3) is 0.917. The van der Waals surface area contributed by atoms with Gasteiger partial charge in [0.1, 0.15) is 0 Å². The van der Waals surface area contributed by atoms with Gasteiger partial charge in [-0.05, 0) is 45.2 Å². The maximum atomic E-state index is 11.9. The van der Waals surface area contributed by atoms with Crippen molar-refractivity contribution in [3.63, 3.8) is 0 Å². The van der Waals surface area contributed by atoms with Crippen LogP contribution in [0.4, 0.5) is 0 Å². The Hall–Kier alpha value is -0.610. The number of fused-ring (bicyclic) bond motifs is 1. The molecule has 0 radical (unpaired) electrons. The van der Waals surface area contributed by atoms with E-state index < -0.39 is 0 Å². The van der Waals surface area contributed by atoms with Crippen LogP contribution in [0.3, 0.4) is 0 Å². The zero-order chi connectivity index (χ0) is 11.7. The molecule has 4 heteroatoms. The van der Waals surface area contributed by atoms with Gasteiger partial charge in [0.05, 0.1) is 6.54 Å². The van der Waals surface area contributed by atoms with Gasteiger partial charge in [-0.2, -0.15) is 0 Å². The molecule has 1 unspecified atom stereocenters. The van der Waals surface area contributed by atoms with Gasteiger partial charge >= 0.3 is 0 Å². The lowest BCUT2D eigenvalue weighted by Crippen LogP contribution is -2.36. The summed E-state index contributed by atoms with van der Waals surface area (Å²) >= 11 is 0. The van der Waals surface area contributed by atoms with E-state index in [4.69, 9.17) is 5.73 Å². The maximum absolute atomic E-state index is 11.9. The molecule has 16 heavy (non-hydrogen) atoms. The van der Waals surface area contributed by atoms with Gasteiger partial charge in [0.15, 0.2) is 0 Å². The van der Waals surface area contributed by atoms with Gasteiger partial charge in [-0.1, -0.05) is 0 Å². The largest absolute Gasteiger partial charge is 0.341 e. The van der Waals surface area contributed by atoms with E-state index in [2.05, 4.69) is 0 Å². The van der Waals surface area contributed by atoms with Gasteiger partial charge in [0.2, 0.25) is 5.91 Å². The fourth-order valence-corrected chi connectivity index (χ4v) is 3.04. The zero-order valence-corrected chi connectivity index (χ0v) is 10.4. The maximum Gasteiger partial charge on any atom is 0.236 e. The number of carbonyl (C=O) groups is 1. The third-order valence-corrected chi connectivity index (χ3v) is 3.89. The molecule has 1 saturated carbocycles. The average molecular weight is 225 g/mol. The first kappa shape index (κ1) is 11.9. The Morgan fingerprint density at radius 3 is 2.69 bits per heavy atom. The second kappa shape index (κ2) is 4.72. The van der Waals surface area contributed by atoms with Crippen LogP contribution in [-0.2, 0) is 4.79 Å². The van der Waals surface area contributed by atoms with E-state index in [-0.39, 0.29) is 5.91 Å². The van der Waals surface area contributed by atoms with Crippen molar-refractivity contribution in [2.75, 3.05) is 33.7 Å². The Morgan fingerprint density at radius 2 is 2.00 bits per heavy atom. The van der Waals surface area contributed by atoms with Crippen molar-refractivity contribution in [2.45, 2.75) is 25.3 Å². The quantitative estimate of drug-likeness (QED) is 0.727. The molecule has 2 rings (SSSR count). The van der Waals surface area contributed by atoms with Gasteiger partial charge < -0.3 is 15.5 Å². The second-order valence-corrected chi connectivity index (χ2v) is 5.63. The summed E-state index contributed by atoms with van der Waals surface area (Å²) in [6.07, 6.45) is 3.45. The van der Waals surface area contributed by atoms with Crippen molar-refractivity contribution in [1.82, 2.24) is 9.80 Å². The Kier molecular flexibility index (Phi) is 3.50. The van der Waals surface area contributed by atoms with Crippen molar-refractivity contribution in [2.24, 2.45) is 17.6 Å². The third kappa shape index (κ3) is 2.55. The van der Waals surface area contributed by atoms with Gasteiger partial charge in [0, 0.05) is 19.1 Å². The molecule has 3 atom stereocenters. The Labute approximate surface area is 97.8 Å². The highest BCUT2D eigenvalue weighted by Crippen LogP contribution is 2.35. The first-order chi connectivity index (χ1) is 7.56. The summed E-state index contributed by atoms with van der Waals surface area (Å²) < 4.78 is 0. The Balaban J connectivity index is 1.89. The van der Waals surface area contributed by atoms with Crippen LogP contribution in [0.25, 0.3) is 0 Å². The number of amides is 1. The van der Waals surface area contributed by atoms with Gasteiger partial charge in [-0.3, -0.25) is 4.79 Å². The predicted molar refractivity (Wildman–Crippen MR) is 63.9 cm³/mol. The van der Waals surface area contributed by atoms with Crippen molar-refractivity contribution < 1.29 is 4.79 Å². The molecule has 92 valence electrons. The number of rotatable bonds is 2. The summed E-state index contributed by atoms with van der Waals surface area (Å²) in [6, 6.07) is 0.366. The van der Waals surface area contributed by atoms with E-state index in [1.54, 1.807) is 0 Å². The first-order valence-corrected chi connectivity index (χ1v) is 6.24. The normalized spacial score (nSPS) is 34.2. The highest BCUT2D eigenvalue weighted by Gasteiger charge is 2.38. The monoisotopic (exact) mass is 225 g/mol. The molecule has 4 nitrogen and oxygen atoms in total. The average Bonchev–Trinajstić information content (AvgIpc) is 2.59. The summed E-state index contributed by atoms with van der Waals surface area (Å²) in [7, 11) is 3.88. The van der Waals surface area contributed by atoms with Gasteiger partial charge in [-0.15, -0.1) is 0 Å². The standard InChI is InChI=1S/C12H23N3O/c1-14(2)8-12(16)15-6-9-3-4-11(13)5-10(9)7-15/h9-11H,3-8,13H2,1-2H3/t9-,10+,11?/m1/s1. The number of likely N-dealkylation sites (tertiary alicyclic amines) is 1. The molecule has 1 heterocycles. The number of hydrogen-bond donors (Lipinski definition) is 1. The second-order valence-electron chi connectivity index (χ2n) is 5.63. The molecule has 0 aromatic carbocycles. The lowest BCUT2D eigenvalue weighted by molar-refractivity contribution is -0.131. The van der Waals surface area contributed by atoms with Crippen LogP contribution >= 0.6 is 0 Å². The number of hydrogen-bond acceptors (Lipinski definition) is 3. The van der Waals surface area contributed by atoms with Gasteiger partial charge in [-0.25, -0.2) is 0 Å². The molecule has 1 amide bonds. The summed E-state index contributed by atoms with van der Waals surface area (Å²) in [4.78, 5) is 15.9. The van der Waals surface area contributed by atoms with Crippen LogP contribution in [0.5, 0.6) is 0 Å². The van der Waals surface area contributed by atoms with Crippen LogP contribution in [0.1, 0.15) is 19.3 Å². The number of carbonyl (C=O) groups excluding carboxylic acids is 1. The van der Waals surface area contributed by atoms with E-state index in [1.807, 2.05) is 23.9 Å². The molecular formula is C12H23N3O. The van der Waals surface area contributed by atoms with Crippen molar-refractivity contribution in [3.8, 4) is 0 Å². The van der Waals surface area contributed by atoms with Crippen molar-refractivity contribution in [3.05, 3.63) is 0 Å². The van der Waals surface area contributed by atoms with E-state index in [9.17, 15) is 4.79 Å². The lowest BCUT2D eigenvalue weighted by Gasteiger charge is -2.27. The zero-order valence-electron chi connectivity index (χ0n) is 10.4. The minimum absolute atomic E-state index is 0.271. The SMILES string of the molecule is CN(C)CC(=O)N1C[C@H]2CCC(N)C[C@H]2C1. The smallest absolute Gasteiger partial charge is 0.236 e. The van der Waals surface area contributed by atoms with E-state index in [1.165, 1.54) is 6.42 Å². The fourth-order valence-electron chi connectivity index (χ4n) is 3.04. The van der Waals surface area contributed by atoms with E-state index in [0.717, 1.165) is 25.9 Å². The molecule has 0 aromatic heterocycles. The first-order valence-electron chi connectivity index (χ1n) is 6.24. The summed E-state index contributed by atoms with van der Waals surface area (Å²) in [5.74, 6) is 1.65. The summed E-state index contributed by atoms with van der Waals surface area (Å²) in [5.41, 5.74) is 5.98. The molecule has 2 N–H and O–H groups in total. The molecule has 1 aliphatic heterocycles. The van der Waals surface area contributed by atoms with Crippen LogP contribution in [-0.4, -0.2) is 55.5 Å². The van der Waals surface area contributed by atoms with Crippen LogP contribution < -0.4 is 5.73 Å². The highest BCUT2D eigenvalue weighted by atomic mass is 16.2. The van der Waals surface area contributed by atoms with Crippen LogP contribution in [0.2, 0.25) is 0 Å². The third-order valence-electron chi connectivity index (χ3n) is 3.89. The highest BCUT2D eigenvalue weighted by molar-refractivity contribution is 5.78. The summed E-state index contributed by atoms with van der Waals surface area (Å²) in [6.45, 7) is 2.43. The minimum Gasteiger partial charge on any atom is -0.341 e. The number of nitrogens with two attached hydrogens (primary N) is 1. The molecule has 2 aliphatic rings. The van der Waals surface area contributed by atoms with Gasteiger partial charge in [0.25, 0.3) is 0 Å². The van der Waals surface area contributed by atoms with E-state index >= 15 is 0 Å². The number of likely N-dealkylation sites (N-methyl/N-ethyl adjacent to an activating group) is 1. The number of nitrogens with zero attached hydrogens (tertiary/aromatic N) is 2. The predicted octanol–water partition coefficient (Wildman–Crippen LogP) is 0.134. The molecule has 1 aliphatic carbocycles. The van der Waals surface area contributed by atoms with Crippen molar-refractivity contribution in [1.29, 1.82) is 0 Å². The van der Waals surface area contributed by atoms with E-state index in [0.29, 0.717) is 24.4 Å². The molecule has 2 fully saturated rings. The topological polar surface area (TPSA) is 49.6 Å². The van der Waals surface area contributed by atoms with Crippen LogP contribution in [0.15, 0.2) is 0 Å². The molecule has 0 aromatic rings. The molecular weight excluding hydrogens is 202 g/mol.